The number of hydrogen-bond acceptors (Lipinski definition) is 10. The predicted octanol–water partition coefficient (Wildman–Crippen LogP) is 10.7. The molecule has 0 aliphatic rings. The molecular formula is C25H23Br3N6S4. The number of unbranched alkanes of at least 4 members (excludes halogenated alkanes) is 3. The normalized spacial score (nSPS) is 10.9. The van der Waals surface area contributed by atoms with E-state index < -0.39 is 0 Å². The van der Waals surface area contributed by atoms with Crippen LogP contribution < -0.4 is 0 Å². The quantitative estimate of drug-likeness (QED) is 0.119. The second kappa shape index (κ2) is 13.9. The maximum absolute atomic E-state index is 4.59. The zero-order valence-electron chi connectivity index (χ0n) is 19.4. The summed E-state index contributed by atoms with van der Waals surface area (Å²) in [4.78, 5) is 13.9. The summed E-state index contributed by atoms with van der Waals surface area (Å²) in [6, 6.07) is 8.88. The zero-order chi connectivity index (χ0) is 25.8. The summed E-state index contributed by atoms with van der Waals surface area (Å²) >= 11 is 16.2. The van der Waals surface area contributed by atoms with Gasteiger partial charge in [0.2, 0.25) is 0 Å². The van der Waals surface area contributed by atoms with Gasteiger partial charge in [-0.15, -0.1) is 22.7 Å². The number of aryl methyl sites for hydroxylation is 1. The topological polar surface area (TPSA) is 77.3 Å². The highest BCUT2D eigenvalue weighted by atomic mass is 79.9. The zero-order valence-corrected chi connectivity index (χ0v) is 27.5. The third-order valence-electron chi connectivity index (χ3n) is 5.47. The molecule has 6 heterocycles. The molecule has 0 aliphatic heterocycles. The lowest BCUT2D eigenvalue weighted by Crippen LogP contribution is -1.83. The molecule has 13 heteroatoms. The van der Waals surface area contributed by atoms with Crippen molar-refractivity contribution in [3.63, 3.8) is 0 Å². The van der Waals surface area contributed by atoms with Crippen molar-refractivity contribution in [2.75, 3.05) is 0 Å². The summed E-state index contributed by atoms with van der Waals surface area (Å²) < 4.78 is 19.5. The van der Waals surface area contributed by atoms with Crippen molar-refractivity contribution in [3.8, 4) is 20.3 Å². The standard InChI is InChI=1S/C19H18BrN3S3.C5HBr2N3S.CH4/c1-2-3-4-5-6-12-7-8-14(24-12)15-9-10-16(25-15)18-19-17(22-26-23-19)13(20)11-21-18;6-2-1-8-5(7)4-3(2)9-11-10-4;/h7-11H,2-6H2,1H3;1H;1H4. The average Bonchev–Trinajstić information content (AvgIpc) is 3.71. The summed E-state index contributed by atoms with van der Waals surface area (Å²) in [7, 11) is 0. The molecule has 38 heavy (non-hydrogen) atoms. The second-order valence-corrected chi connectivity index (χ2v) is 13.8. The highest BCUT2D eigenvalue weighted by Gasteiger charge is 2.15. The van der Waals surface area contributed by atoms with E-state index in [-0.39, 0.29) is 7.43 Å². The van der Waals surface area contributed by atoms with E-state index in [9.17, 15) is 0 Å². The van der Waals surface area contributed by atoms with Gasteiger partial charge in [0.1, 0.15) is 32.4 Å². The maximum Gasteiger partial charge on any atom is 0.138 e. The molecule has 0 spiro atoms. The molecule has 0 unspecified atom stereocenters. The van der Waals surface area contributed by atoms with Crippen LogP contribution in [0.3, 0.4) is 0 Å². The van der Waals surface area contributed by atoms with Crippen LogP contribution in [0.4, 0.5) is 0 Å². The summed E-state index contributed by atoms with van der Waals surface area (Å²) in [5, 5.41) is 0. The molecule has 0 radical (unpaired) electrons. The Morgan fingerprint density at radius 3 is 2.00 bits per heavy atom. The summed E-state index contributed by atoms with van der Waals surface area (Å²) in [6.45, 7) is 2.26. The Hall–Kier alpha value is -1.22. The van der Waals surface area contributed by atoms with Crippen LogP contribution in [0.5, 0.6) is 0 Å². The van der Waals surface area contributed by atoms with Crippen LogP contribution in [0.2, 0.25) is 0 Å². The second-order valence-electron chi connectivity index (χ2n) is 8.02. The Balaban J connectivity index is 0.000000235. The van der Waals surface area contributed by atoms with Gasteiger partial charge in [-0.25, -0.2) is 4.98 Å². The minimum Gasteiger partial charge on any atom is -0.252 e. The van der Waals surface area contributed by atoms with Gasteiger partial charge in [0.15, 0.2) is 0 Å². The summed E-state index contributed by atoms with van der Waals surface area (Å²) in [5.41, 5.74) is 4.35. The Morgan fingerprint density at radius 2 is 1.26 bits per heavy atom. The van der Waals surface area contributed by atoms with Crippen molar-refractivity contribution in [3.05, 3.63) is 55.1 Å². The molecule has 0 saturated carbocycles. The van der Waals surface area contributed by atoms with E-state index in [1.165, 1.54) is 70.2 Å². The molecule has 0 saturated heterocycles. The van der Waals surface area contributed by atoms with Crippen molar-refractivity contribution in [1.29, 1.82) is 0 Å². The van der Waals surface area contributed by atoms with Crippen molar-refractivity contribution in [2.45, 2.75) is 46.5 Å². The average molecular weight is 775 g/mol. The molecule has 0 aliphatic carbocycles. The Morgan fingerprint density at radius 1 is 0.658 bits per heavy atom. The van der Waals surface area contributed by atoms with E-state index in [2.05, 4.69) is 106 Å². The van der Waals surface area contributed by atoms with E-state index in [1.54, 1.807) is 17.5 Å². The van der Waals surface area contributed by atoms with Gasteiger partial charge in [-0.2, -0.15) is 17.5 Å². The van der Waals surface area contributed by atoms with Gasteiger partial charge >= 0.3 is 0 Å². The first-order valence-electron chi connectivity index (χ1n) is 11.4. The molecule has 6 rings (SSSR count). The molecule has 0 atom stereocenters. The molecule has 6 aromatic heterocycles. The van der Waals surface area contributed by atoms with Gasteiger partial charge in [-0.05, 0) is 84.9 Å². The number of thiophene rings is 2. The van der Waals surface area contributed by atoms with Crippen molar-refractivity contribution >= 4 is 116 Å². The first-order chi connectivity index (χ1) is 18.0. The maximum atomic E-state index is 4.59. The third-order valence-corrected chi connectivity index (χ3v) is 10.7. The molecule has 0 fully saturated rings. The van der Waals surface area contributed by atoms with E-state index in [0.717, 1.165) is 46.2 Å². The number of aromatic nitrogens is 6. The molecule has 0 bridgehead atoms. The molecule has 6 nitrogen and oxygen atoms in total. The van der Waals surface area contributed by atoms with Gasteiger partial charge < -0.3 is 0 Å². The highest BCUT2D eigenvalue weighted by Crippen LogP contribution is 2.39. The minimum absolute atomic E-state index is 0. The van der Waals surface area contributed by atoms with Gasteiger partial charge in [0.05, 0.1) is 37.3 Å². The molecule has 0 N–H and O–H groups in total. The molecule has 6 aromatic rings. The first kappa shape index (κ1) is 29.8. The number of pyridine rings is 2. The third kappa shape index (κ3) is 6.73. The summed E-state index contributed by atoms with van der Waals surface area (Å²) in [5.74, 6) is 0. The van der Waals surface area contributed by atoms with Crippen molar-refractivity contribution in [2.24, 2.45) is 0 Å². The van der Waals surface area contributed by atoms with Crippen LogP contribution in [-0.4, -0.2) is 27.5 Å². The monoisotopic (exact) mass is 772 g/mol. The highest BCUT2D eigenvalue weighted by molar-refractivity contribution is 9.11. The number of fused-ring (bicyclic) bond motifs is 2. The molecule has 198 valence electrons. The summed E-state index contributed by atoms with van der Waals surface area (Å²) in [6.07, 6.45) is 9.97. The van der Waals surface area contributed by atoms with Crippen LogP contribution in [-0.2, 0) is 6.42 Å². The van der Waals surface area contributed by atoms with Gasteiger partial charge in [0, 0.05) is 27.0 Å². The van der Waals surface area contributed by atoms with Crippen LogP contribution in [0.25, 0.3) is 42.4 Å². The van der Waals surface area contributed by atoms with Crippen molar-refractivity contribution < 1.29 is 0 Å². The first-order valence-corrected chi connectivity index (χ1v) is 16.9. The van der Waals surface area contributed by atoms with Crippen molar-refractivity contribution in [1.82, 2.24) is 27.5 Å². The fourth-order valence-corrected chi connectivity index (χ4v) is 8.36. The number of hydrogen-bond donors (Lipinski definition) is 0. The van der Waals surface area contributed by atoms with Crippen LogP contribution >= 0.6 is 93.9 Å². The smallest absolute Gasteiger partial charge is 0.138 e. The van der Waals surface area contributed by atoms with Crippen LogP contribution in [0.15, 0.2) is 50.2 Å². The molecular weight excluding hydrogens is 752 g/mol. The van der Waals surface area contributed by atoms with Gasteiger partial charge in [-0.3, -0.25) is 4.98 Å². The Bertz CT molecular complexity index is 1600. The fraction of sp³-hybridized carbons (Fsp3) is 0.280. The lowest BCUT2D eigenvalue weighted by atomic mass is 10.1. The van der Waals surface area contributed by atoms with E-state index in [0.29, 0.717) is 0 Å². The van der Waals surface area contributed by atoms with Crippen LogP contribution in [0.1, 0.15) is 44.9 Å². The fourth-order valence-electron chi connectivity index (χ4n) is 3.61. The largest absolute Gasteiger partial charge is 0.252 e. The van der Waals surface area contributed by atoms with Crippen LogP contribution in [0, 0.1) is 0 Å². The number of rotatable bonds is 7. The lowest BCUT2D eigenvalue weighted by molar-refractivity contribution is 0.670. The lowest BCUT2D eigenvalue weighted by Gasteiger charge is -1.98. The van der Waals surface area contributed by atoms with Gasteiger partial charge in [0.25, 0.3) is 0 Å². The number of nitrogens with zero attached hydrogens (tertiary/aromatic N) is 6. The SMILES string of the molecule is Brc1cnc(Br)c2nsnc12.C.CCCCCCc1ccc(-c2ccc(-c3ncc(Br)c4nsnc34)s2)s1. The van der Waals surface area contributed by atoms with E-state index in [1.807, 2.05) is 17.5 Å². The van der Waals surface area contributed by atoms with E-state index >= 15 is 0 Å². The van der Waals surface area contributed by atoms with Gasteiger partial charge in [-0.1, -0.05) is 33.6 Å². The Kier molecular flexibility index (Phi) is 10.9. The Labute approximate surface area is 263 Å². The molecule has 0 aromatic carbocycles. The minimum atomic E-state index is 0. The van der Waals surface area contributed by atoms with E-state index in [4.69, 9.17) is 0 Å². The number of halogens is 3. The molecule has 0 amide bonds. The predicted molar refractivity (Wildman–Crippen MR) is 175 cm³/mol.